The second-order valence-electron chi connectivity index (χ2n) is 5.78. The van der Waals surface area contributed by atoms with Gasteiger partial charge in [0, 0.05) is 5.56 Å². The van der Waals surface area contributed by atoms with Gasteiger partial charge in [-0.05, 0) is 54.8 Å². The Balaban J connectivity index is 1.85. The Morgan fingerprint density at radius 3 is 2.68 bits per heavy atom. The minimum absolute atomic E-state index is 0.269. The number of aromatic carboxylic acids is 1. The Morgan fingerprint density at radius 2 is 1.96 bits per heavy atom. The Hall–Kier alpha value is -3.14. The first kappa shape index (κ1) is 16.7. The third-order valence-corrected chi connectivity index (χ3v) is 4.07. The lowest BCUT2D eigenvalue weighted by Crippen LogP contribution is -1.96. The van der Waals surface area contributed by atoms with Gasteiger partial charge in [0.15, 0.2) is 0 Å². The maximum Gasteiger partial charge on any atom is 0.335 e. The topological polar surface area (TPSA) is 62.8 Å². The molecule has 0 amide bonds. The smallest absolute Gasteiger partial charge is 0.335 e. The van der Waals surface area contributed by atoms with Gasteiger partial charge in [-0.1, -0.05) is 31.2 Å². The minimum Gasteiger partial charge on any atom is -0.478 e. The average molecular weight is 333 g/mol. The number of hydrogen-bond acceptors (Lipinski definition) is 3. The molecule has 0 bridgehead atoms. The summed E-state index contributed by atoms with van der Waals surface area (Å²) in [6.45, 7) is 3.97. The zero-order chi connectivity index (χ0) is 17.8. The molecule has 126 valence electrons. The third-order valence-electron chi connectivity index (χ3n) is 4.07. The number of furan rings is 1. The van der Waals surface area contributed by atoms with E-state index in [1.54, 1.807) is 24.4 Å². The minimum atomic E-state index is -0.934. The van der Waals surface area contributed by atoms with Gasteiger partial charge in [-0.25, -0.2) is 4.79 Å². The van der Waals surface area contributed by atoms with Crippen LogP contribution in [0.3, 0.4) is 0 Å². The van der Waals surface area contributed by atoms with E-state index in [0.29, 0.717) is 11.5 Å². The lowest BCUT2D eigenvalue weighted by molar-refractivity contribution is 0.0697. The normalized spacial score (nSPS) is 11.1. The highest BCUT2D eigenvalue weighted by Gasteiger charge is 2.10. The van der Waals surface area contributed by atoms with E-state index >= 15 is 0 Å². The molecule has 3 rings (SSSR count). The number of carboxylic acids is 1. The molecule has 3 aromatic rings. The molecule has 0 aliphatic rings. The number of aliphatic imine (C=N–C) groups is 1. The van der Waals surface area contributed by atoms with Crippen molar-refractivity contribution in [2.24, 2.45) is 4.99 Å². The molecule has 0 unspecified atom stereocenters. The number of benzene rings is 2. The van der Waals surface area contributed by atoms with Crippen LogP contribution in [0.5, 0.6) is 0 Å². The molecule has 0 atom stereocenters. The van der Waals surface area contributed by atoms with Gasteiger partial charge in [0.1, 0.15) is 11.5 Å². The lowest BCUT2D eigenvalue weighted by Gasteiger charge is -2.04. The zero-order valence-corrected chi connectivity index (χ0v) is 14.2. The van der Waals surface area contributed by atoms with Crippen LogP contribution in [0.2, 0.25) is 0 Å². The predicted octanol–water partition coefficient (Wildman–Crippen LogP) is 5.27. The molecule has 25 heavy (non-hydrogen) atoms. The first-order valence-corrected chi connectivity index (χ1v) is 8.14. The van der Waals surface area contributed by atoms with E-state index in [-0.39, 0.29) is 5.56 Å². The van der Waals surface area contributed by atoms with Gasteiger partial charge in [0.05, 0.1) is 17.5 Å². The fourth-order valence-electron chi connectivity index (χ4n) is 2.71. The SMILES string of the molecule is CCc1ccccc1N=Cc1ccc(-c2ccc(C(=O)O)cc2C)o1. The van der Waals surface area contributed by atoms with Crippen LogP contribution in [0.4, 0.5) is 5.69 Å². The largest absolute Gasteiger partial charge is 0.478 e. The van der Waals surface area contributed by atoms with Crippen LogP contribution < -0.4 is 0 Å². The summed E-state index contributed by atoms with van der Waals surface area (Å²) in [5.74, 6) is 0.416. The number of nitrogens with zero attached hydrogens (tertiary/aromatic N) is 1. The van der Waals surface area contributed by atoms with Crippen LogP contribution in [0.1, 0.15) is 34.2 Å². The van der Waals surface area contributed by atoms with Gasteiger partial charge in [0.25, 0.3) is 0 Å². The summed E-state index contributed by atoms with van der Waals surface area (Å²) in [5.41, 5.74) is 4.12. The van der Waals surface area contributed by atoms with Gasteiger partial charge in [0.2, 0.25) is 0 Å². The molecule has 2 aromatic carbocycles. The predicted molar refractivity (Wildman–Crippen MR) is 98.9 cm³/mol. The molecule has 4 nitrogen and oxygen atoms in total. The van der Waals surface area contributed by atoms with Crippen LogP contribution in [-0.2, 0) is 6.42 Å². The van der Waals surface area contributed by atoms with Crippen molar-refractivity contribution in [1.82, 2.24) is 0 Å². The summed E-state index contributed by atoms with van der Waals surface area (Å²) >= 11 is 0. The van der Waals surface area contributed by atoms with Gasteiger partial charge < -0.3 is 9.52 Å². The summed E-state index contributed by atoms with van der Waals surface area (Å²) < 4.78 is 5.85. The maximum absolute atomic E-state index is 11.0. The van der Waals surface area contributed by atoms with Crippen molar-refractivity contribution in [3.05, 3.63) is 77.0 Å². The third kappa shape index (κ3) is 3.69. The van der Waals surface area contributed by atoms with Gasteiger partial charge in [-0.15, -0.1) is 0 Å². The lowest BCUT2D eigenvalue weighted by atomic mass is 10.0. The second kappa shape index (κ2) is 7.18. The van der Waals surface area contributed by atoms with Gasteiger partial charge >= 0.3 is 5.97 Å². The Kier molecular flexibility index (Phi) is 4.80. The van der Waals surface area contributed by atoms with Gasteiger partial charge in [-0.3, -0.25) is 4.99 Å². The maximum atomic E-state index is 11.0. The van der Waals surface area contributed by atoms with E-state index < -0.39 is 5.97 Å². The first-order chi connectivity index (χ1) is 12.1. The average Bonchev–Trinajstić information content (AvgIpc) is 3.08. The van der Waals surface area contributed by atoms with Crippen LogP contribution in [0.15, 0.2) is 64.0 Å². The Morgan fingerprint density at radius 1 is 1.16 bits per heavy atom. The fraction of sp³-hybridized carbons (Fsp3) is 0.143. The molecule has 1 aromatic heterocycles. The second-order valence-corrected chi connectivity index (χ2v) is 5.78. The summed E-state index contributed by atoms with van der Waals surface area (Å²) in [5, 5.41) is 9.05. The van der Waals surface area contributed by atoms with Crippen molar-refractivity contribution >= 4 is 17.9 Å². The van der Waals surface area contributed by atoms with Crippen molar-refractivity contribution < 1.29 is 14.3 Å². The van der Waals surface area contributed by atoms with E-state index in [0.717, 1.165) is 23.2 Å². The quantitative estimate of drug-likeness (QED) is 0.647. The monoisotopic (exact) mass is 333 g/mol. The van der Waals surface area contributed by atoms with Crippen molar-refractivity contribution in [3.63, 3.8) is 0 Å². The van der Waals surface area contributed by atoms with Crippen molar-refractivity contribution in [2.75, 3.05) is 0 Å². The van der Waals surface area contributed by atoms with Crippen LogP contribution in [0, 0.1) is 6.92 Å². The standard InChI is InChI=1S/C21H19NO3/c1-3-15-6-4-5-7-19(15)22-13-17-9-11-20(25-17)18-10-8-16(21(23)24)12-14(18)2/h4-13H,3H2,1-2H3,(H,23,24). The van der Waals surface area contributed by atoms with Crippen molar-refractivity contribution in [3.8, 4) is 11.3 Å². The van der Waals surface area contributed by atoms with Crippen molar-refractivity contribution in [2.45, 2.75) is 20.3 Å². The van der Waals surface area contributed by atoms with E-state index in [9.17, 15) is 4.79 Å². The fourth-order valence-corrected chi connectivity index (χ4v) is 2.71. The molecular formula is C21H19NO3. The number of aryl methyl sites for hydroxylation is 2. The number of hydrogen-bond donors (Lipinski definition) is 1. The molecule has 0 fully saturated rings. The van der Waals surface area contributed by atoms with E-state index in [4.69, 9.17) is 9.52 Å². The molecular weight excluding hydrogens is 314 g/mol. The van der Waals surface area contributed by atoms with E-state index in [1.165, 1.54) is 5.56 Å². The van der Waals surface area contributed by atoms with E-state index in [2.05, 4.69) is 18.0 Å². The first-order valence-electron chi connectivity index (χ1n) is 8.14. The van der Waals surface area contributed by atoms with Crippen molar-refractivity contribution in [1.29, 1.82) is 0 Å². The summed E-state index contributed by atoms with van der Waals surface area (Å²) in [6.07, 6.45) is 2.63. The van der Waals surface area contributed by atoms with Crippen LogP contribution in [-0.4, -0.2) is 17.3 Å². The number of carboxylic acid groups (broad SMARTS) is 1. The number of para-hydroxylation sites is 1. The Labute approximate surface area is 146 Å². The molecule has 1 N–H and O–H groups in total. The van der Waals surface area contributed by atoms with E-state index in [1.807, 2.05) is 37.3 Å². The highest BCUT2D eigenvalue weighted by atomic mass is 16.4. The summed E-state index contributed by atoms with van der Waals surface area (Å²) in [7, 11) is 0. The number of rotatable bonds is 5. The molecule has 0 radical (unpaired) electrons. The highest BCUT2D eigenvalue weighted by Crippen LogP contribution is 2.26. The molecule has 0 spiro atoms. The molecule has 0 aliphatic carbocycles. The molecule has 0 aliphatic heterocycles. The highest BCUT2D eigenvalue weighted by molar-refractivity contribution is 5.89. The molecule has 0 saturated heterocycles. The molecule has 4 heteroatoms. The van der Waals surface area contributed by atoms with Gasteiger partial charge in [-0.2, -0.15) is 0 Å². The molecule has 1 heterocycles. The summed E-state index contributed by atoms with van der Waals surface area (Å²) in [4.78, 5) is 15.6. The number of carbonyl (C=O) groups is 1. The van der Waals surface area contributed by atoms with Crippen LogP contribution >= 0.6 is 0 Å². The Bertz CT molecular complexity index is 938. The molecule has 0 saturated carbocycles. The summed E-state index contributed by atoms with van der Waals surface area (Å²) in [6, 6.07) is 16.7. The van der Waals surface area contributed by atoms with Crippen LogP contribution in [0.25, 0.3) is 11.3 Å². The zero-order valence-electron chi connectivity index (χ0n) is 14.2.